The highest BCUT2D eigenvalue weighted by Gasteiger charge is 2.42. The fourth-order valence-electron chi connectivity index (χ4n) is 2.38. The summed E-state index contributed by atoms with van der Waals surface area (Å²) in [5.74, 6) is -2.75. The summed E-state index contributed by atoms with van der Waals surface area (Å²) in [6.45, 7) is 0. The standard InChI is InChI=1S/C13H14F2N2O3/c14-8-5-9(15)7-10(6-8)16-12(20)17-13(11(18)19)3-1-2-4-13/h5-7H,1-4H2,(H,18,19)(H2,16,17,20). The van der Waals surface area contributed by atoms with Crippen LogP contribution in [0.15, 0.2) is 18.2 Å². The lowest BCUT2D eigenvalue weighted by Crippen LogP contribution is -2.53. The molecule has 2 amide bonds. The van der Waals surface area contributed by atoms with Crippen LogP contribution in [0.25, 0.3) is 0 Å². The number of amides is 2. The van der Waals surface area contributed by atoms with Gasteiger partial charge in [-0.25, -0.2) is 18.4 Å². The summed E-state index contributed by atoms with van der Waals surface area (Å²) in [6, 6.07) is 1.79. The van der Waals surface area contributed by atoms with Gasteiger partial charge in [-0.3, -0.25) is 0 Å². The van der Waals surface area contributed by atoms with Crippen LogP contribution in [-0.2, 0) is 4.79 Å². The predicted octanol–water partition coefficient (Wildman–Crippen LogP) is 2.48. The predicted molar refractivity (Wildman–Crippen MR) is 67.3 cm³/mol. The highest BCUT2D eigenvalue weighted by molar-refractivity contribution is 5.94. The third-order valence-electron chi connectivity index (χ3n) is 3.34. The molecule has 1 aromatic rings. The van der Waals surface area contributed by atoms with Crippen molar-refractivity contribution in [3.05, 3.63) is 29.8 Å². The highest BCUT2D eigenvalue weighted by atomic mass is 19.1. The van der Waals surface area contributed by atoms with Gasteiger partial charge in [-0.15, -0.1) is 0 Å². The van der Waals surface area contributed by atoms with Crippen LogP contribution in [0.3, 0.4) is 0 Å². The largest absolute Gasteiger partial charge is 0.480 e. The van der Waals surface area contributed by atoms with Gasteiger partial charge in [-0.05, 0) is 25.0 Å². The molecule has 0 atom stereocenters. The topological polar surface area (TPSA) is 78.4 Å². The Kier molecular flexibility index (Phi) is 3.87. The van der Waals surface area contributed by atoms with E-state index < -0.39 is 29.2 Å². The summed E-state index contributed by atoms with van der Waals surface area (Å²) >= 11 is 0. The molecule has 0 aliphatic heterocycles. The first kappa shape index (κ1) is 14.2. The molecule has 7 heteroatoms. The molecule has 1 fully saturated rings. The second kappa shape index (κ2) is 5.44. The van der Waals surface area contributed by atoms with Crippen molar-refractivity contribution in [2.75, 3.05) is 5.32 Å². The maximum absolute atomic E-state index is 13.0. The Morgan fingerprint density at radius 1 is 1.10 bits per heavy atom. The second-order valence-electron chi connectivity index (χ2n) is 4.83. The maximum Gasteiger partial charge on any atom is 0.329 e. The van der Waals surface area contributed by atoms with Gasteiger partial charge >= 0.3 is 12.0 Å². The zero-order chi connectivity index (χ0) is 14.8. The molecule has 0 saturated heterocycles. The summed E-state index contributed by atoms with van der Waals surface area (Å²) in [6.07, 6.45) is 2.10. The average Bonchev–Trinajstić information content (AvgIpc) is 2.76. The normalized spacial score (nSPS) is 16.7. The van der Waals surface area contributed by atoms with Gasteiger partial charge in [0.05, 0.1) is 0 Å². The number of carbonyl (C=O) groups is 2. The molecule has 20 heavy (non-hydrogen) atoms. The molecule has 108 valence electrons. The van der Waals surface area contributed by atoms with Gasteiger partial charge in [0.25, 0.3) is 0 Å². The van der Waals surface area contributed by atoms with Crippen molar-refractivity contribution in [1.82, 2.24) is 5.32 Å². The fraction of sp³-hybridized carbons (Fsp3) is 0.385. The minimum atomic E-state index is -1.30. The number of benzene rings is 1. The van der Waals surface area contributed by atoms with Crippen LogP contribution in [0.2, 0.25) is 0 Å². The van der Waals surface area contributed by atoms with Crippen LogP contribution in [0.5, 0.6) is 0 Å². The molecule has 0 radical (unpaired) electrons. The minimum absolute atomic E-state index is 0.0708. The van der Waals surface area contributed by atoms with Crippen LogP contribution in [0.1, 0.15) is 25.7 Å². The Hall–Kier alpha value is -2.18. The fourth-order valence-corrected chi connectivity index (χ4v) is 2.38. The lowest BCUT2D eigenvalue weighted by Gasteiger charge is -2.25. The van der Waals surface area contributed by atoms with Gasteiger partial charge in [-0.2, -0.15) is 0 Å². The van der Waals surface area contributed by atoms with E-state index in [0.717, 1.165) is 12.1 Å². The van der Waals surface area contributed by atoms with E-state index in [9.17, 15) is 23.5 Å². The van der Waals surface area contributed by atoms with Gasteiger partial charge in [0, 0.05) is 11.8 Å². The van der Waals surface area contributed by atoms with E-state index in [2.05, 4.69) is 10.6 Å². The first-order valence-corrected chi connectivity index (χ1v) is 6.20. The van der Waals surface area contributed by atoms with E-state index in [1.807, 2.05) is 0 Å². The Bertz CT molecular complexity index is 522. The average molecular weight is 284 g/mol. The molecular weight excluding hydrogens is 270 g/mol. The summed E-state index contributed by atoms with van der Waals surface area (Å²) in [5.41, 5.74) is -1.37. The molecule has 2 rings (SSSR count). The lowest BCUT2D eigenvalue weighted by molar-refractivity contribution is -0.144. The summed E-state index contributed by atoms with van der Waals surface area (Å²) < 4.78 is 26.0. The van der Waals surface area contributed by atoms with Crippen LogP contribution in [-0.4, -0.2) is 22.6 Å². The zero-order valence-corrected chi connectivity index (χ0v) is 10.6. The smallest absolute Gasteiger partial charge is 0.329 e. The first-order chi connectivity index (χ1) is 9.41. The van der Waals surface area contributed by atoms with Gasteiger partial charge < -0.3 is 15.7 Å². The van der Waals surface area contributed by atoms with Crippen molar-refractivity contribution in [2.45, 2.75) is 31.2 Å². The van der Waals surface area contributed by atoms with E-state index >= 15 is 0 Å². The van der Waals surface area contributed by atoms with Gasteiger partial charge in [0.2, 0.25) is 0 Å². The van der Waals surface area contributed by atoms with Crippen LogP contribution >= 0.6 is 0 Å². The summed E-state index contributed by atoms with van der Waals surface area (Å²) in [4.78, 5) is 23.0. The molecule has 1 aliphatic rings. The lowest BCUT2D eigenvalue weighted by atomic mass is 9.98. The molecule has 0 aromatic heterocycles. The molecule has 0 spiro atoms. The molecule has 5 nitrogen and oxygen atoms in total. The van der Waals surface area contributed by atoms with Crippen LogP contribution in [0.4, 0.5) is 19.3 Å². The molecule has 3 N–H and O–H groups in total. The quantitative estimate of drug-likeness (QED) is 0.798. The number of rotatable bonds is 3. The van der Waals surface area contributed by atoms with Gasteiger partial charge in [0.1, 0.15) is 17.2 Å². The zero-order valence-electron chi connectivity index (χ0n) is 10.6. The number of urea groups is 1. The second-order valence-corrected chi connectivity index (χ2v) is 4.83. The number of carbonyl (C=O) groups excluding carboxylic acids is 1. The van der Waals surface area contributed by atoms with E-state index in [0.29, 0.717) is 31.7 Å². The Morgan fingerprint density at radius 3 is 2.15 bits per heavy atom. The number of anilines is 1. The van der Waals surface area contributed by atoms with Crippen molar-refractivity contribution < 1.29 is 23.5 Å². The monoisotopic (exact) mass is 284 g/mol. The van der Waals surface area contributed by atoms with Gasteiger partial charge in [0.15, 0.2) is 0 Å². The van der Waals surface area contributed by atoms with E-state index in [1.54, 1.807) is 0 Å². The highest BCUT2D eigenvalue weighted by Crippen LogP contribution is 2.30. The molecule has 0 unspecified atom stereocenters. The van der Waals surface area contributed by atoms with Crippen molar-refractivity contribution >= 4 is 17.7 Å². The van der Waals surface area contributed by atoms with E-state index in [4.69, 9.17) is 0 Å². The van der Waals surface area contributed by atoms with E-state index in [-0.39, 0.29) is 5.69 Å². The minimum Gasteiger partial charge on any atom is -0.480 e. The number of hydrogen-bond donors (Lipinski definition) is 3. The van der Waals surface area contributed by atoms with Crippen LogP contribution in [0, 0.1) is 11.6 Å². The van der Waals surface area contributed by atoms with Crippen molar-refractivity contribution in [2.24, 2.45) is 0 Å². The number of aliphatic carboxylic acids is 1. The van der Waals surface area contributed by atoms with Crippen LogP contribution < -0.4 is 10.6 Å². The van der Waals surface area contributed by atoms with Crippen molar-refractivity contribution in [3.63, 3.8) is 0 Å². The third kappa shape index (κ3) is 3.04. The summed E-state index contributed by atoms with van der Waals surface area (Å²) in [7, 11) is 0. The van der Waals surface area contributed by atoms with E-state index in [1.165, 1.54) is 0 Å². The van der Waals surface area contributed by atoms with Gasteiger partial charge in [-0.1, -0.05) is 12.8 Å². The Morgan fingerprint density at radius 2 is 1.65 bits per heavy atom. The maximum atomic E-state index is 13.0. The number of carboxylic acid groups (broad SMARTS) is 1. The number of hydrogen-bond acceptors (Lipinski definition) is 2. The number of halogens is 2. The molecule has 0 bridgehead atoms. The molecule has 0 heterocycles. The molecular formula is C13H14F2N2O3. The van der Waals surface area contributed by atoms with Crippen molar-refractivity contribution in [3.8, 4) is 0 Å². The molecule has 1 aliphatic carbocycles. The number of carboxylic acids is 1. The Labute approximate surface area is 114 Å². The number of nitrogens with one attached hydrogen (secondary N) is 2. The molecule has 1 aromatic carbocycles. The SMILES string of the molecule is O=C(Nc1cc(F)cc(F)c1)NC1(C(=O)O)CCCC1. The van der Waals surface area contributed by atoms with Crippen molar-refractivity contribution in [1.29, 1.82) is 0 Å². The molecule has 1 saturated carbocycles. The Balaban J connectivity index is 2.06. The summed E-state index contributed by atoms with van der Waals surface area (Å²) in [5, 5.41) is 13.8. The first-order valence-electron chi connectivity index (χ1n) is 6.20. The third-order valence-corrected chi connectivity index (χ3v) is 3.34.